The summed E-state index contributed by atoms with van der Waals surface area (Å²) < 4.78 is 45.6. The number of hydrogen-bond acceptors (Lipinski definition) is 14. The van der Waals surface area contributed by atoms with E-state index in [1.54, 1.807) is 33.4 Å². The number of para-hydroxylation sites is 2. The maximum absolute atomic E-state index is 14.1. The fourth-order valence-corrected chi connectivity index (χ4v) is 8.31. The Balaban J connectivity index is 1.13. The quantitative estimate of drug-likeness (QED) is 0.0902. The summed E-state index contributed by atoms with van der Waals surface area (Å²) in [6.45, 7) is 3.33. The molecule has 0 N–H and O–H groups in total. The highest BCUT2D eigenvalue weighted by atomic mass is 35.5. The summed E-state index contributed by atoms with van der Waals surface area (Å²) in [7, 11) is 3.23. The summed E-state index contributed by atoms with van der Waals surface area (Å²) in [5, 5.41) is 1.34. The first-order valence-corrected chi connectivity index (χ1v) is 20.4. The zero-order chi connectivity index (χ0) is 41.0. The molecule has 8 rings (SSSR count). The molecule has 2 aliphatic carbocycles. The minimum atomic E-state index is -1.21. The van der Waals surface area contributed by atoms with Crippen molar-refractivity contribution in [1.29, 1.82) is 0 Å². The lowest BCUT2D eigenvalue weighted by atomic mass is 9.77. The summed E-state index contributed by atoms with van der Waals surface area (Å²) in [6.07, 6.45) is 6.80. The first kappa shape index (κ1) is 39.8. The van der Waals surface area contributed by atoms with Crippen LogP contribution in [0.4, 0.5) is 0 Å². The molecule has 2 aromatic carbocycles. The molecule has 0 aliphatic heterocycles. The van der Waals surface area contributed by atoms with E-state index in [0.717, 1.165) is 63.1 Å². The molecule has 4 heterocycles. The van der Waals surface area contributed by atoms with Crippen LogP contribution in [0.15, 0.2) is 97.0 Å². The molecule has 2 aliphatic rings. The molecule has 0 saturated heterocycles. The van der Waals surface area contributed by atoms with Gasteiger partial charge in [-0.05, 0) is 85.6 Å². The van der Waals surface area contributed by atoms with Crippen LogP contribution in [0.5, 0.6) is 17.4 Å². The van der Waals surface area contributed by atoms with E-state index in [2.05, 4.69) is 4.98 Å². The Morgan fingerprint density at radius 2 is 1.76 bits per heavy atom. The predicted octanol–water partition coefficient (Wildman–Crippen LogP) is 9.26. The number of carbonyl (C=O) groups excluding carboxylic acids is 1. The van der Waals surface area contributed by atoms with E-state index >= 15 is 0 Å². The number of nitrogens with zero attached hydrogens (tertiary/aromatic N) is 4. The van der Waals surface area contributed by atoms with Crippen molar-refractivity contribution in [2.45, 2.75) is 77.6 Å². The van der Waals surface area contributed by atoms with Gasteiger partial charge in [-0.3, -0.25) is 4.98 Å². The molecule has 1 saturated carbocycles. The van der Waals surface area contributed by atoms with Crippen molar-refractivity contribution in [2.24, 2.45) is 0 Å². The molecule has 15 heteroatoms. The van der Waals surface area contributed by atoms with E-state index in [1.807, 2.05) is 61.7 Å². The van der Waals surface area contributed by atoms with E-state index in [9.17, 15) is 9.59 Å². The number of benzene rings is 2. The molecule has 0 bridgehead atoms. The van der Waals surface area contributed by atoms with Crippen molar-refractivity contribution in [3.05, 3.63) is 128 Å². The maximum Gasteiger partial charge on any atom is 0.519 e. The Bertz CT molecular complexity index is 2640. The molecule has 0 unspecified atom stereocenters. The number of halogens is 1. The second-order valence-electron chi connectivity index (χ2n) is 14.2. The molecule has 4 aromatic heterocycles. The molecule has 1 fully saturated rings. The predicted molar refractivity (Wildman–Crippen MR) is 220 cm³/mol. The lowest BCUT2D eigenvalue weighted by Gasteiger charge is -2.30. The van der Waals surface area contributed by atoms with Crippen LogP contribution in [0.25, 0.3) is 27.0 Å². The summed E-state index contributed by atoms with van der Waals surface area (Å²) in [5.74, 6) is 1.67. The minimum Gasteiger partial charge on any atom is -0.500 e. The normalized spacial score (nSPS) is 14.9. The van der Waals surface area contributed by atoms with Gasteiger partial charge in [-0.15, -0.1) is 0 Å². The van der Waals surface area contributed by atoms with Crippen LogP contribution in [0.2, 0.25) is 0 Å². The highest BCUT2D eigenvalue weighted by Crippen LogP contribution is 2.48. The molecule has 6 aromatic rings. The topological polar surface area (TPSA) is 158 Å². The van der Waals surface area contributed by atoms with Crippen LogP contribution in [0, 0.1) is 6.92 Å². The number of pyridine rings is 1. The van der Waals surface area contributed by atoms with Crippen LogP contribution in [-0.2, 0) is 33.9 Å². The zero-order valence-corrected chi connectivity index (χ0v) is 34.5. The van der Waals surface area contributed by atoms with Gasteiger partial charge in [0.2, 0.25) is 12.0 Å². The smallest absolute Gasteiger partial charge is 0.500 e. The number of methoxy groups -OCH3 is 2. The van der Waals surface area contributed by atoms with Crippen LogP contribution in [0.1, 0.15) is 79.0 Å². The Morgan fingerprint density at radius 1 is 0.966 bits per heavy atom. The number of hydrogen-bond donors (Lipinski definition) is 0. The van der Waals surface area contributed by atoms with Gasteiger partial charge in [0, 0.05) is 36.7 Å². The number of carbonyl (C=O) groups is 1. The Labute approximate surface area is 348 Å². The average molecular weight is 837 g/mol. The Morgan fingerprint density at radius 3 is 2.51 bits per heavy atom. The van der Waals surface area contributed by atoms with Crippen molar-refractivity contribution in [2.75, 3.05) is 14.2 Å². The van der Waals surface area contributed by atoms with Gasteiger partial charge in [0.1, 0.15) is 23.9 Å². The van der Waals surface area contributed by atoms with Crippen LogP contribution < -0.4 is 20.0 Å². The van der Waals surface area contributed by atoms with Crippen molar-refractivity contribution >= 4 is 44.8 Å². The molecular weight excluding hydrogens is 796 g/mol. The molecule has 0 radical (unpaired) electrons. The first-order valence-electron chi connectivity index (χ1n) is 19.2. The van der Waals surface area contributed by atoms with Crippen LogP contribution in [-0.4, -0.2) is 45.6 Å². The highest BCUT2D eigenvalue weighted by Gasteiger charge is 2.33. The van der Waals surface area contributed by atoms with Gasteiger partial charge < -0.3 is 32.5 Å². The molecule has 0 spiro atoms. The fourth-order valence-electron chi connectivity index (χ4n) is 7.33. The monoisotopic (exact) mass is 836 g/mol. The van der Waals surface area contributed by atoms with E-state index in [4.69, 9.17) is 58.5 Å². The van der Waals surface area contributed by atoms with E-state index in [0.29, 0.717) is 46.5 Å². The Kier molecular flexibility index (Phi) is 11.8. The van der Waals surface area contributed by atoms with Crippen molar-refractivity contribution < 1.29 is 37.3 Å². The van der Waals surface area contributed by atoms with Gasteiger partial charge in [-0.2, -0.15) is 4.37 Å². The van der Waals surface area contributed by atoms with E-state index < -0.39 is 17.9 Å². The SMILES string of the molecule is COC1=C(Cl)C(C)=C(c2c(C3CCC3)ncc3snc(O[C@H](Cc4ccccc4OCc4ccnc(-c5ccccc5OC)n4)C(=O)OCc4oc(=O)oc4C)c23)CC1. The third-order valence-corrected chi connectivity index (χ3v) is 12.0. The number of ether oxygens (including phenoxy) is 5. The average Bonchev–Trinajstić information content (AvgIpc) is 3.80. The minimum absolute atomic E-state index is 0.0436. The standard InChI is InChI=1S/C44H41ClN4O9S/c1-24-29(16-17-33(53-4)39(24)45)37-38-36(21-47-40(37)26-11-9-12-26)59-49-42(38)57-34(43(50)55-23-35-25(2)56-44(51)58-35)20-27-10-5-7-14-31(27)54-22-28-18-19-46-41(48-28)30-13-6-8-15-32(30)52-3/h5-8,10,13-15,18-19,21,26,34H,9,11-12,16-17,20,22-23H2,1-4H3/t34-/m1/s1. The summed E-state index contributed by atoms with van der Waals surface area (Å²) in [5.41, 5.74) is 5.91. The third-order valence-electron chi connectivity index (χ3n) is 10.7. The van der Waals surface area contributed by atoms with E-state index in [-0.39, 0.29) is 43.0 Å². The molecule has 304 valence electrons. The molecule has 13 nitrogen and oxygen atoms in total. The van der Waals surface area contributed by atoms with Crippen molar-refractivity contribution in [3.63, 3.8) is 0 Å². The Hall–Kier alpha value is -5.99. The highest BCUT2D eigenvalue weighted by molar-refractivity contribution is 7.13. The van der Waals surface area contributed by atoms with Crippen LogP contribution in [0.3, 0.4) is 0 Å². The van der Waals surface area contributed by atoms with Gasteiger partial charge in [0.15, 0.2) is 24.0 Å². The molecule has 0 amide bonds. The maximum atomic E-state index is 14.1. The lowest BCUT2D eigenvalue weighted by Crippen LogP contribution is -2.32. The summed E-state index contributed by atoms with van der Waals surface area (Å²) in [4.78, 5) is 40.1. The van der Waals surface area contributed by atoms with Gasteiger partial charge in [-0.25, -0.2) is 19.6 Å². The van der Waals surface area contributed by atoms with Gasteiger partial charge in [0.05, 0.1) is 46.3 Å². The number of fused-ring (bicyclic) bond motifs is 1. The number of allylic oxidation sites excluding steroid dienone is 4. The lowest BCUT2D eigenvalue weighted by molar-refractivity contribution is -0.154. The zero-order valence-electron chi connectivity index (χ0n) is 32.9. The first-order chi connectivity index (χ1) is 28.7. The van der Waals surface area contributed by atoms with Gasteiger partial charge in [-0.1, -0.05) is 48.4 Å². The third kappa shape index (κ3) is 8.32. The number of aryl methyl sites for hydroxylation is 1. The number of rotatable bonds is 15. The molecule has 59 heavy (non-hydrogen) atoms. The summed E-state index contributed by atoms with van der Waals surface area (Å²) in [6, 6.07) is 16.7. The van der Waals surface area contributed by atoms with Crippen molar-refractivity contribution in [1.82, 2.24) is 19.3 Å². The van der Waals surface area contributed by atoms with Crippen LogP contribution >= 0.6 is 23.1 Å². The number of esters is 1. The molecule has 1 atom stereocenters. The van der Waals surface area contributed by atoms with Gasteiger partial charge in [0.25, 0.3) is 0 Å². The molecular formula is C44H41ClN4O9S. The largest absolute Gasteiger partial charge is 0.519 e. The van der Waals surface area contributed by atoms with E-state index in [1.165, 1.54) is 11.5 Å². The second kappa shape index (κ2) is 17.5. The van der Waals surface area contributed by atoms with Crippen molar-refractivity contribution in [3.8, 4) is 28.8 Å². The van der Waals surface area contributed by atoms with Gasteiger partial charge >= 0.3 is 11.8 Å². The summed E-state index contributed by atoms with van der Waals surface area (Å²) >= 11 is 8.12. The number of aromatic nitrogens is 4. The second-order valence-corrected chi connectivity index (χ2v) is 15.4. The fraction of sp³-hybridized carbons (Fsp3) is 0.318.